The Balaban J connectivity index is 1.68. The lowest BCUT2D eigenvalue weighted by Gasteiger charge is -2.24. The lowest BCUT2D eigenvalue weighted by molar-refractivity contribution is 0.0397. The van der Waals surface area contributed by atoms with E-state index in [0.717, 1.165) is 32.1 Å². The van der Waals surface area contributed by atoms with Crippen molar-refractivity contribution in [2.75, 3.05) is 13.2 Å². The number of halogens is 4. The number of ether oxygens (including phenoxy) is 2. The fourth-order valence-electron chi connectivity index (χ4n) is 4.46. The Morgan fingerprint density at radius 2 is 1.65 bits per heavy atom. The molecule has 1 atom stereocenters. The molecule has 0 radical (unpaired) electrons. The third kappa shape index (κ3) is 3.70. The van der Waals surface area contributed by atoms with E-state index in [0.29, 0.717) is 12.5 Å². The molecule has 1 aliphatic carbocycles. The van der Waals surface area contributed by atoms with E-state index in [1.54, 1.807) is 13.0 Å². The summed E-state index contributed by atoms with van der Waals surface area (Å²) in [6.45, 7) is 4.36. The van der Waals surface area contributed by atoms with Gasteiger partial charge in [0.25, 0.3) is 0 Å². The van der Waals surface area contributed by atoms with Crippen LogP contribution in [0.5, 0.6) is 5.75 Å². The monoisotopic (exact) mass is 434 g/mol. The minimum Gasteiger partial charge on any atom is -0.493 e. The normalized spacial score (nSPS) is 18.8. The van der Waals surface area contributed by atoms with Crippen LogP contribution in [0.15, 0.2) is 30.3 Å². The Morgan fingerprint density at radius 3 is 2.29 bits per heavy atom. The Morgan fingerprint density at radius 1 is 0.968 bits per heavy atom. The fraction of sp³-hybridized carbons (Fsp3) is 0.440. The quantitative estimate of drug-likeness (QED) is 0.333. The Kier molecular flexibility index (Phi) is 6.00. The van der Waals surface area contributed by atoms with Crippen molar-refractivity contribution in [1.82, 2.24) is 0 Å². The topological polar surface area (TPSA) is 18.5 Å². The molecule has 0 saturated heterocycles. The Bertz CT molecular complexity index is 1010. The second-order valence-corrected chi connectivity index (χ2v) is 8.13. The van der Waals surface area contributed by atoms with E-state index in [1.165, 1.54) is 24.3 Å². The van der Waals surface area contributed by atoms with E-state index >= 15 is 13.2 Å². The van der Waals surface area contributed by atoms with Crippen LogP contribution in [0.2, 0.25) is 0 Å². The number of alkyl halides is 2. The van der Waals surface area contributed by atoms with Gasteiger partial charge >= 0.3 is 5.92 Å². The van der Waals surface area contributed by atoms with Crippen LogP contribution in [0.25, 0.3) is 16.9 Å². The molecule has 6 heteroatoms. The average molecular weight is 434 g/mol. The van der Waals surface area contributed by atoms with Crippen LogP contribution >= 0.6 is 0 Å². The summed E-state index contributed by atoms with van der Waals surface area (Å²) in [5.74, 6) is -5.66. The van der Waals surface area contributed by atoms with Gasteiger partial charge in [0.1, 0.15) is 11.6 Å². The predicted molar refractivity (Wildman–Crippen MR) is 112 cm³/mol. The third-order valence-electron chi connectivity index (χ3n) is 6.06. The standard InChI is InChI=1S/C25H26F4O2/c1-3-5-6-7-15-8-12-19(31-14-15)18-10-9-16-17-11-13-20(30-4-2)24(27)22(17)25(28,29)21(16)23(18)26/h9-13,15H,3-8,14H2,1-2H3. The first-order chi connectivity index (χ1) is 14.9. The largest absolute Gasteiger partial charge is 0.493 e. The molecule has 0 N–H and O–H groups in total. The van der Waals surface area contributed by atoms with Gasteiger partial charge < -0.3 is 9.47 Å². The van der Waals surface area contributed by atoms with E-state index in [9.17, 15) is 4.39 Å². The first-order valence-electron chi connectivity index (χ1n) is 10.9. The summed E-state index contributed by atoms with van der Waals surface area (Å²) in [7, 11) is 0. The van der Waals surface area contributed by atoms with Gasteiger partial charge in [-0.15, -0.1) is 0 Å². The molecule has 0 spiro atoms. The summed E-state index contributed by atoms with van der Waals surface area (Å²) in [5, 5.41) is 0. The lowest BCUT2D eigenvalue weighted by Crippen LogP contribution is -2.18. The maximum absolute atomic E-state index is 15.4. The van der Waals surface area contributed by atoms with Crippen molar-refractivity contribution in [2.24, 2.45) is 5.92 Å². The van der Waals surface area contributed by atoms with Crippen LogP contribution in [0.4, 0.5) is 17.6 Å². The average Bonchev–Trinajstić information content (AvgIpc) is 2.99. The molecule has 2 aromatic rings. The van der Waals surface area contributed by atoms with Crippen molar-refractivity contribution < 1.29 is 27.0 Å². The van der Waals surface area contributed by atoms with Gasteiger partial charge in [-0.2, -0.15) is 8.78 Å². The van der Waals surface area contributed by atoms with Crippen LogP contribution in [-0.2, 0) is 10.7 Å². The van der Waals surface area contributed by atoms with Crippen molar-refractivity contribution >= 4 is 5.76 Å². The van der Waals surface area contributed by atoms with Gasteiger partial charge in [0, 0.05) is 0 Å². The van der Waals surface area contributed by atoms with E-state index in [-0.39, 0.29) is 34.8 Å². The highest BCUT2D eigenvalue weighted by molar-refractivity contribution is 5.82. The first kappa shape index (κ1) is 21.7. The molecule has 166 valence electrons. The van der Waals surface area contributed by atoms with Gasteiger partial charge in [0.15, 0.2) is 11.6 Å². The number of hydrogen-bond acceptors (Lipinski definition) is 2. The summed E-state index contributed by atoms with van der Waals surface area (Å²) < 4.78 is 71.6. The summed E-state index contributed by atoms with van der Waals surface area (Å²) in [4.78, 5) is 0. The molecule has 31 heavy (non-hydrogen) atoms. The second-order valence-electron chi connectivity index (χ2n) is 8.13. The van der Waals surface area contributed by atoms with Crippen LogP contribution in [0.1, 0.15) is 62.6 Å². The number of allylic oxidation sites excluding steroid dienone is 1. The summed E-state index contributed by atoms with van der Waals surface area (Å²) in [6.07, 6.45) is 6.93. The predicted octanol–water partition coefficient (Wildman–Crippen LogP) is 7.44. The zero-order valence-electron chi connectivity index (χ0n) is 17.7. The van der Waals surface area contributed by atoms with Crippen molar-refractivity contribution in [3.8, 4) is 16.9 Å². The second kappa shape index (κ2) is 8.56. The van der Waals surface area contributed by atoms with Crippen molar-refractivity contribution in [3.05, 3.63) is 58.7 Å². The molecule has 0 amide bonds. The number of hydrogen-bond donors (Lipinski definition) is 0. The fourth-order valence-corrected chi connectivity index (χ4v) is 4.46. The minimum atomic E-state index is -3.81. The Hall–Kier alpha value is -2.50. The number of benzene rings is 2. The number of fused-ring (bicyclic) bond motifs is 3. The van der Waals surface area contributed by atoms with Gasteiger partial charge in [-0.1, -0.05) is 32.3 Å². The maximum atomic E-state index is 15.4. The van der Waals surface area contributed by atoms with Crippen LogP contribution in [0, 0.1) is 17.6 Å². The van der Waals surface area contributed by atoms with Gasteiger partial charge in [-0.25, -0.2) is 8.78 Å². The highest BCUT2D eigenvalue weighted by Crippen LogP contribution is 2.55. The van der Waals surface area contributed by atoms with Gasteiger partial charge in [0.2, 0.25) is 0 Å². The van der Waals surface area contributed by atoms with Crippen LogP contribution in [0.3, 0.4) is 0 Å². The third-order valence-corrected chi connectivity index (χ3v) is 6.06. The molecular formula is C25H26F4O2. The summed E-state index contributed by atoms with van der Waals surface area (Å²) in [6, 6.07) is 5.53. The molecule has 0 fully saturated rings. The molecule has 4 rings (SSSR count). The van der Waals surface area contributed by atoms with Crippen molar-refractivity contribution in [1.29, 1.82) is 0 Å². The van der Waals surface area contributed by atoms with Gasteiger partial charge in [-0.3, -0.25) is 0 Å². The molecule has 1 aliphatic heterocycles. The molecule has 0 saturated carbocycles. The molecular weight excluding hydrogens is 408 g/mol. The Labute approximate surface area is 179 Å². The SMILES string of the molecule is CCCCCC1CC=C(c2ccc3c(c2F)C(F)(F)c2c-3ccc(OCC)c2F)OC1. The van der Waals surface area contributed by atoms with Crippen molar-refractivity contribution in [3.63, 3.8) is 0 Å². The van der Waals surface area contributed by atoms with Gasteiger partial charge in [0.05, 0.1) is 29.9 Å². The van der Waals surface area contributed by atoms with Crippen LogP contribution < -0.4 is 4.74 Å². The first-order valence-corrected chi connectivity index (χ1v) is 10.9. The maximum Gasteiger partial charge on any atom is 0.305 e. The highest BCUT2D eigenvalue weighted by Gasteiger charge is 2.50. The van der Waals surface area contributed by atoms with E-state index in [1.807, 2.05) is 0 Å². The molecule has 2 nitrogen and oxygen atoms in total. The van der Waals surface area contributed by atoms with E-state index < -0.39 is 28.7 Å². The number of unbranched alkanes of at least 4 members (excludes halogenated alkanes) is 2. The molecule has 1 heterocycles. The number of rotatable bonds is 7. The smallest absolute Gasteiger partial charge is 0.305 e. The van der Waals surface area contributed by atoms with E-state index in [4.69, 9.17) is 9.47 Å². The summed E-state index contributed by atoms with van der Waals surface area (Å²) >= 11 is 0. The zero-order chi connectivity index (χ0) is 22.2. The minimum absolute atomic E-state index is 0.00273. The van der Waals surface area contributed by atoms with Crippen molar-refractivity contribution in [2.45, 2.75) is 51.9 Å². The molecule has 1 unspecified atom stereocenters. The van der Waals surface area contributed by atoms with Gasteiger partial charge in [-0.05, 0) is 61.1 Å². The molecule has 0 bridgehead atoms. The zero-order valence-corrected chi connectivity index (χ0v) is 17.7. The highest BCUT2D eigenvalue weighted by atomic mass is 19.3. The van der Waals surface area contributed by atoms with Crippen LogP contribution in [-0.4, -0.2) is 13.2 Å². The lowest BCUT2D eigenvalue weighted by atomic mass is 9.94. The molecule has 2 aliphatic rings. The molecule has 0 aromatic heterocycles. The molecule has 2 aromatic carbocycles. The summed E-state index contributed by atoms with van der Waals surface area (Å²) in [5.41, 5.74) is -1.66. The van der Waals surface area contributed by atoms with E-state index in [2.05, 4.69) is 6.92 Å².